The molecule has 1 aromatic carbocycles. The summed E-state index contributed by atoms with van der Waals surface area (Å²) in [6, 6.07) is 8.12. The van der Waals surface area contributed by atoms with Gasteiger partial charge in [0.05, 0.1) is 11.8 Å². The van der Waals surface area contributed by atoms with Crippen molar-refractivity contribution in [3.8, 4) is 0 Å². The van der Waals surface area contributed by atoms with Crippen LogP contribution in [0, 0.1) is 6.92 Å². The molecule has 0 radical (unpaired) electrons. The van der Waals surface area contributed by atoms with E-state index in [9.17, 15) is 4.79 Å². The van der Waals surface area contributed by atoms with E-state index in [1.165, 1.54) is 5.56 Å². The molecule has 0 saturated heterocycles. The summed E-state index contributed by atoms with van der Waals surface area (Å²) >= 11 is 3.42. The average Bonchev–Trinajstić information content (AvgIpc) is 2.77. The minimum Gasteiger partial charge on any atom is -0.348 e. The number of carbonyl (C=O) groups excluding carboxylic acids is 1. The molecule has 0 unspecified atom stereocenters. The molecule has 0 aliphatic carbocycles. The van der Waals surface area contributed by atoms with Gasteiger partial charge in [-0.3, -0.25) is 9.48 Å². The Balaban J connectivity index is 2.02. The van der Waals surface area contributed by atoms with Gasteiger partial charge >= 0.3 is 0 Å². The lowest BCUT2D eigenvalue weighted by molar-refractivity contribution is 0.0950. The van der Waals surface area contributed by atoms with Crippen LogP contribution in [0.4, 0.5) is 0 Å². The summed E-state index contributed by atoms with van der Waals surface area (Å²) in [5.41, 5.74) is 3.78. The SMILES string of the molecule is Cc1c(C(=O)NCc2cccc(CBr)c2)cnn1C. The number of hydrogen-bond donors (Lipinski definition) is 1. The predicted molar refractivity (Wildman–Crippen MR) is 78.2 cm³/mol. The number of nitrogens with one attached hydrogen (secondary N) is 1. The minimum absolute atomic E-state index is 0.0881. The minimum atomic E-state index is -0.0881. The molecule has 2 aromatic rings. The number of amides is 1. The van der Waals surface area contributed by atoms with Crippen molar-refractivity contribution in [1.29, 1.82) is 0 Å². The van der Waals surface area contributed by atoms with E-state index >= 15 is 0 Å². The van der Waals surface area contributed by atoms with Crippen molar-refractivity contribution >= 4 is 21.8 Å². The first-order valence-corrected chi connectivity index (χ1v) is 7.14. The molecule has 5 heteroatoms. The fourth-order valence-corrected chi connectivity index (χ4v) is 2.17. The Labute approximate surface area is 120 Å². The summed E-state index contributed by atoms with van der Waals surface area (Å²) in [6.07, 6.45) is 1.60. The Morgan fingerprint density at radius 2 is 2.16 bits per heavy atom. The normalized spacial score (nSPS) is 10.5. The number of hydrogen-bond acceptors (Lipinski definition) is 2. The van der Waals surface area contributed by atoms with Crippen LogP contribution in [-0.2, 0) is 18.9 Å². The lowest BCUT2D eigenvalue weighted by Crippen LogP contribution is -2.23. The van der Waals surface area contributed by atoms with Gasteiger partial charge in [-0.2, -0.15) is 5.10 Å². The standard InChI is InChI=1S/C14H16BrN3O/c1-10-13(9-17-18(10)2)14(19)16-8-12-5-3-4-11(6-12)7-15/h3-6,9H,7-8H2,1-2H3,(H,16,19). The number of carbonyl (C=O) groups is 1. The average molecular weight is 322 g/mol. The zero-order valence-corrected chi connectivity index (χ0v) is 12.6. The van der Waals surface area contributed by atoms with Crippen molar-refractivity contribution in [3.05, 3.63) is 52.8 Å². The van der Waals surface area contributed by atoms with Crippen LogP contribution in [0.25, 0.3) is 0 Å². The van der Waals surface area contributed by atoms with Gasteiger partial charge in [-0.1, -0.05) is 40.2 Å². The molecule has 0 aliphatic rings. The number of halogens is 1. The molecule has 100 valence electrons. The van der Waals surface area contributed by atoms with Crippen LogP contribution < -0.4 is 5.32 Å². The highest BCUT2D eigenvalue weighted by atomic mass is 79.9. The fourth-order valence-electron chi connectivity index (χ4n) is 1.82. The van der Waals surface area contributed by atoms with Gasteiger partial charge in [-0.25, -0.2) is 0 Å². The van der Waals surface area contributed by atoms with E-state index in [1.54, 1.807) is 10.9 Å². The molecule has 2 rings (SSSR count). The summed E-state index contributed by atoms with van der Waals surface area (Å²) < 4.78 is 1.69. The van der Waals surface area contributed by atoms with Crippen LogP contribution in [0.1, 0.15) is 27.2 Å². The zero-order valence-electron chi connectivity index (χ0n) is 11.0. The highest BCUT2D eigenvalue weighted by molar-refractivity contribution is 9.08. The maximum absolute atomic E-state index is 12.0. The lowest BCUT2D eigenvalue weighted by atomic mass is 10.1. The first-order chi connectivity index (χ1) is 9.11. The van der Waals surface area contributed by atoms with Crippen molar-refractivity contribution in [2.75, 3.05) is 0 Å². The maximum atomic E-state index is 12.0. The third-order valence-electron chi connectivity index (χ3n) is 3.08. The lowest BCUT2D eigenvalue weighted by Gasteiger charge is -2.06. The van der Waals surface area contributed by atoms with E-state index in [-0.39, 0.29) is 5.91 Å². The monoisotopic (exact) mass is 321 g/mol. The van der Waals surface area contributed by atoms with Crippen molar-refractivity contribution in [2.24, 2.45) is 7.05 Å². The van der Waals surface area contributed by atoms with E-state index in [1.807, 2.05) is 32.2 Å². The summed E-state index contributed by atoms with van der Waals surface area (Å²) in [7, 11) is 1.82. The van der Waals surface area contributed by atoms with Gasteiger partial charge in [-0.15, -0.1) is 0 Å². The first kappa shape index (κ1) is 13.8. The number of aryl methyl sites for hydroxylation is 1. The number of rotatable bonds is 4. The first-order valence-electron chi connectivity index (χ1n) is 6.02. The van der Waals surface area contributed by atoms with Crippen molar-refractivity contribution < 1.29 is 4.79 Å². The molecule has 1 amide bonds. The molecular formula is C14H16BrN3O. The number of aromatic nitrogens is 2. The maximum Gasteiger partial charge on any atom is 0.255 e. The third-order valence-corrected chi connectivity index (χ3v) is 3.73. The Bertz CT molecular complexity index is 592. The molecule has 0 aliphatic heterocycles. The van der Waals surface area contributed by atoms with Gasteiger partial charge in [0.25, 0.3) is 5.91 Å². The molecule has 0 spiro atoms. The van der Waals surface area contributed by atoms with Gasteiger partial charge in [0.2, 0.25) is 0 Å². The molecule has 1 N–H and O–H groups in total. The largest absolute Gasteiger partial charge is 0.348 e. The molecule has 1 aromatic heterocycles. The van der Waals surface area contributed by atoms with Crippen LogP contribution in [0.15, 0.2) is 30.5 Å². The van der Waals surface area contributed by atoms with E-state index in [0.29, 0.717) is 12.1 Å². The van der Waals surface area contributed by atoms with Crippen LogP contribution >= 0.6 is 15.9 Å². The second-order valence-corrected chi connectivity index (χ2v) is 4.96. The smallest absolute Gasteiger partial charge is 0.255 e. The number of nitrogens with zero attached hydrogens (tertiary/aromatic N) is 2. The highest BCUT2D eigenvalue weighted by Gasteiger charge is 2.12. The Morgan fingerprint density at radius 3 is 2.79 bits per heavy atom. The molecule has 1 heterocycles. The Morgan fingerprint density at radius 1 is 1.42 bits per heavy atom. The van der Waals surface area contributed by atoms with E-state index in [4.69, 9.17) is 0 Å². The molecule has 0 fully saturated rings. The molecule has 0 atom stereocenters. The fraction of sp³-hybridized carbons (Fsp3) is 0.286. The van der Waals surface area contributed by atoms with Crippen molar-refractivity contribution in [3.63, 3.8) is 0 Å². The molecule has 0 saturated carbocycles. The van der Waals surface area contributed by atoms with Crippen molar-refractivity contribution in [1.82, 2.24) is 15.1 Å². The van der Waals surface area contributed by atoms with Gasteiger partial charge in [0, 0.05) is 24.6 Å². The second-order valence-electron chi connectivity index (χ2n) is 4.40. The topological polar surface area (TPSA) is 46.9 Å². The Kier molecular flexibility index (Phi) is 4.37. The van der Waals surface area contributed by atoms with Gasteiger partial charge in [0.15, 0.2) is 0 Å². The van der Waals surface area contributed by atoms with Gasteiger partial charge < -0.3 is 5.32 Å². The van der Waals surface area contributed by atoms with E-state index in [0.717, 1.165) is 16.6 Å². The Hall–Kier alpha value is -1.62. The van der Waals surface area contributed by atoms with E-state index < -0.39 is 0 Å². The molecular weight excluding hydrogens is 306 g/mol. The number of benzene rings is 1. The van der Waals surface area contributed by atoms with Crippen LogP contribution in [0.3, 0.4) is 0 Å². The molecule has 0 bridgehead atoms. The summed E-state index contributed by atoms with van der Waals surface area (Å²) in [4.78, 5) is 12.0. The summed E-state index contributed by atoms with van der Waals surface area (Å²) in [5, 5.41) is 7.80. The molecule has 4 nitrogen and oxygen atoms in total. The van der Waals surface area contributed by atoms with Crippen LogP contribution in [0.5, 0.6) is 0 Å². The quantitative estimate of drug-likeness (QED) is 0.880. The summed E-state index contributed by atoms with van der Waals surface area (Å²) in [6.45, 7) is 2.40. The van der Waals surface area contributed by atoms with Crippen LogP contribution in [0.2, 0.25) is 0 Å². The van der Waals surface area contributed by atoms with Gasteiger partial charge in [-0.05, 0) is 18.1 Å². The van der Waals surface area contributed by atoms with Crippen molar-refractivity contribution in [2.45, 2.75) is 18.8 Å². The summed E-state index contributed by atoms with van der Waals surface area (Å²) in [5.74, 6) is -0.0881. The number of alkyl halides is 1. The van der Waals surface area contributed by atoms with E-state index in [2.05, 4.69) is 32.4 Å². The molecule has 19 heavy (non-hydrogen) atoms. The third kappa shape index (κ3) is 3.23. The zero-order chi connectivity index (χ0) is 13.8. The highest BCUT2D eigenvalue weighted by Crippen LogP contribution is 2.10. The predicted octanol–water partition coefficient (Wildman–Crippen LogP) is 2.55. The second kappa shape index (κ2) is 6.02. The van der Waals surface area contributed by atoms with Gasteiger partial charge in [0.1, 0.15) is 0 Å². The van der Waals surface area contributed by atoms with Crippen LogP contribution in [-0.4, -0.2) is 15.7 Å².